The maximum absolute atomic E-state index is 9.01. The summed E-state index contributed by atoms with van der Waals surface area (Å²) in [6.45, 7) is 7.41. The van der Waals surface area contributed by atoms with E-state index in [1.807, 2.05) is 0 Å². The number of hydrogen-bond acceptors (Lipinski definition) is 1. The molecule has 0 aromatic carbocycles. The predicted molar refractivity (Wildman–Crippen MR) is 66.5 cm³/mol. The Bertz CT molecular complexity index is 186. The van der Waals surface area contributed by atoms with Crippen LogP contribution in [0.2, 0.25) is 34.5 Å². The van der Waals surface area contributed by atoms with E-state index in [4.69, 9.17) is 5.11 Å². The van der Waals surface area contributed by atoms with E-state index >= 15 is 0 Å². The van der Waals surface area contributed by atoms with E-state index in [9.17, 15) is 0 Å². The van der Waals surface area contributed by atoms with Crippen LogP contribution in [0.1, 0.15) is 6.42 Å². The normalized spacial score (nSPS) is 14.8. The van der Waals surface area contributed by atoms with Crippen molar-refractivity contribution in [1.29, 1.82) is 0 Å². The quantitative estimate of drug-likeness (QED) is 0.792. The van der Waals surface area contributed by atoms with Crippen LogP contribution in [0.25, 0.3) is 0 Å². The average molecular weight is 307 g/mol. The molecule has 0 heterocycles. The van der Waals surface area contributed by atoms with Crippen LogP contribution in [0.15, 0.2) is 9.29 Å². The van der Waals surface area contributed by atoms with Crippen LogP contribution in [0, 0.1) is 0 Å². The van der Waals surface area contributed by atoms with Crippen LogP contribution in [0.4, 0.5) is 0 Å². The zero-order valence-corrected chi connectivity index (χ0v) is 13.8. The van der Waals surface area contributed by atoms with E-state index in [1.165, 1.54) is 0 Å². The van der Waals surface area contributed by atoms with Crippen molar-refractivity contribution < 1.29 is 5.11 Å². The number of rotatable bonds is 4. The van der Waals surface area contributed by atoms with E-state index in [0.29, 0.717) is 6.61 Å². The molecular formula is C10H24OSiSn. The molecule has 0 fully saturated rings. The summed E-state index contributed by atoms with van der Waals surface area (Å²) in [4.78, 5) is 7.28. The fourth-order valence-corrected chi connectivity index (χ4v) is 12.8. The molecule has 0 aromatic heterocycles. The molecule has 0 aliphatic rings. The molecule has 0 radical (unpaired) electrons. The van der Waals surface area contributed by atoms with Gasteiger partial charge in [-0.3, -0.25) is 0 Å². The van der Waals surface area contributed by atoms with Crippen LogP contribution in [-0.2, 0) is 0 Å². The van der Waals surface area contributed by atoms with Crippen molar-refractivity contribution in [2.75, 3.05) is 6.61 Å². The molecule has 1 nitrogen and oxygen atoms in total. The minimum atomic E-state index is -1.89. The Morgan fingerprint density at radius 3 is 1.92 bits per heavy atom. The Labute approximate surface area is 88.1 Å². The van der Waals surface area contributed by atoms with E-state index in [-0.39, 0.29) is 0 Å². The molecule has 0 bridgehead atoms. The zero-order valence-electron chi connectivity index (χ0n) is 9.94. The SMILES string of the molecule is C[Si](C)(C)/C=[C](/CCO)[Sn]([CH3])([CH3])[CH3]. The van der Waals surface area contributed by atoms with Gasteiger partial charge in [0.25, 0.3) is 0 Å². The molecule has 1 N–H and O–H groups in total. The molecule has 13 heavy (non-hydrogen) atoms. The van der Waals surface area contributed by atoms with Crippen molar-refractivity contribution in [2.45, 2.75) is 40.9 Å². The second-order valence-electron chi connectivity index (χ2n) is 5.76. The Balaban J connectivity index is 4.71. The summed E-state index contributed by atoms with van der Waals surface area (Å²) in [6.07, 6.45) is 0.920. The predicted octanol–water partition coefficient (Wildman–Crippen LogP) is 3.05. The van der Waals surface area contributed by atoms with Crippen LogP contribution in [0.3, 0.4) is 0 Å². The molecule has 0 saturated carbocycles. The van der Waals surface area contributed by atoms with Gasteiger partial charge in [0.1, 0.15) is 0 Å². The van der Waals surface area contributed by atoms with Crippen molar-refractivity contribution in [3.8, 4) is 0 Å². The minimum absolute atomic E-state index is 0.324. The first-order valence-electron chi connectivity index (χ1n) is 5.00. The monoisotopic (exact) mass is 308 g/mol. The van der Waals surface area contributed by atoms with Crippen LogP contribution < -0.4 is 0 Å². The van der Waals surface area contributed by atoms with Gasteiger partial charge in [0.05, 0.1) is 0 Å². The van der Waals surface area contributed by atoms with Gasteiger partial charge in [0.2, 0.25) is 0 Å². The summed E-state index contributed by atoms with van der Waals surface area (Å²) in [5, 5.41) is 9.01. The topological polar surface area (TPSA) is 20.2 Å². The Hall–Kier alpha value is 0.716. The van der Waals surface area contributed by atoms with Gasteiger partial charge >= 0.3 is 88.3 Å². The average Bonchev–Trinajstić information content (AvgIpc) is 1.81. The van der Waals surface area contributed by atoms with Crippen LogP contribution in [0.5, 0.6) is 0 Å². The summed E-state index contributed by atoms with van der Waals surface area (Å²) in [7, 11) is -1.09. The third kappa shape index (κ3) is 6.74. The van der Waals surface area contributed by atoms with Crippen molar-refractivity contribution >= 4 is 26.5 Å². The van der Waals surface area contributed by atoms with Gasteiger partial charge in [-0.05, 0) is 0 Å². The number of aliphatic hydroxyl groups excluding tert-OH is 1. The molecule has 78 valence electrons. The Morgan fingerprint density at radius 2 is 1.69 bits per heavy atom. The molecule has 3 heteroatoms. The summed E-state index contributed by atoms with van der Waals surface area (Å²) in [6, 6.07) is 0. The first-order valence-corrected chi connectivity index (χ1v) is 18.6. The first kappa shape index (κ1) is 13.7. The molecule has 0 amide bonds. The van der Waals surface area contributed by atoms with Crippen molar-refractivity contribution in [3.05, 3.63) is 9.29 Å². The molecule has 0 saturated heterocycles. The molecule has 0 aliphatic carbocycles. The second-order valence-corrected chi connectivity index (χ2v) is 25.5. The molecule has 0 spiro atoms. The van der Waals surface area contributed by atoms with Crippen molar-refractivity contribution in [1.82, 2.24) is 0 Å². The summed E-state index contributed by atoms with van der Waals surface area (Å²) >= 11 is -1.89. The molecule has 0 atom stereocenters. The molecule has 0 aromatic rings. The Kier molecular flexibility index (Phi) is 5.26. The number of hydrogen-bond donors (Lipinski definition) is 1. The van der Waals surface area contributed by atoms with Crippen LogP contribution in [-0.4, -0.2) is 38.2 Å². The third-order valence-electron chi connectivity index (χ3n) is 1.95. The third-order valence-corrected chi connectivity index (χ3v) is 10.6. The van der Waals surface area contributed by atoms with Crippen LogP contribution >= 0.6 is 0 Å². The Morgan fingerprint density at radius 1 is 1.23 bits per heavy atom. The standard InChI is InChI=1S/C7H15OSi.3CH3.Sn/c1-9(2,3)7-5-4-6-8;;;;/h7-8H,4,6H2,1-3H3;3*1H3;. The van der Waals surface area contributed by atoms with Gasteiger partial charge in [-0.1, -0.05) is 0 Å². The summed E-state index contributed by atoms with van der Waals surface area (Å²) in [5.41, 5.74) is 2.51. The molecular weight excluding hydrogens is 283 g/mol. The van der Waals surface area contributed by atoms with Gasteiger partial charge in [0, 0.05) is 0 Å². The second kappa shape index (κ2) is 4.98. The van der Waals surface area contributed by atoms with Crippen molar-refractivity contribution in [2.24, 2.45) is 0 Å². The van der Waals surface area contributed by atoms with Gasteiger partial charge < -0.3 is 0 Å². The zero-order chi connectivity index (χ0) is 10.7. The van der Waals surface area contributed by atoms with Gasteiger partial charge in [-0.25, -0.2) is 0 Å². The van der Waals surface area contributed by atoms with Gasteiger partial charge in [0.15, 0.2) is 0 Å². The summed E-state index contributed by atoms with van der Waals surface area (Å²) in [5.74, 6) is 0. The molecule has 0 aliphatic heterocycles. The number of aliphatic hydroxyl groups is 1. The fourth-order valence-electron chi connectivity index (χ4n) is 1.31. The van der Waals surface area contributed by atoms with E-state index in [2.05, 4.69) is 40.2 Å². The molecule has 0 unspecified atom stereocenters. The van der Waals surface area contributed by atoms with E-state index in [1.54, 1.807) is 3.59 Å². The summed E-state index contributed by atoms with van der Waals surface area (Å²) < 4.78 is 1.62. The molecule has 0 rings (SSSR count). The van der Waals surface area contributed by atoms with E-state index < -0.39 is 26.5 Å². The fraction of sp³-hybridized carbons (Fsp3) is 0.800. The first-order chi connectivity index (χ1) is 5.67. The van der Waals surface area contributed by atoms with Gasteiger partial charge in [-0.2, -0.15) is 0 Å². The van der Waals surface area contributed by atoms with E-state index in [0.717, 1.165) is 6.42 Å². The van der Waals surface area contributed by atoms with Gasteiger partial charge in [-0.15, -0.1) is 0 Å². The van der Waals surface area contributed by atoms with Crippen molar-refractivity contribution in [3.63, 3.8) is 0 Å². The maximum atomic E-state index is 9.01.